The predicted octanol–water partition coefficient (Wildman–Crippen LogP) is 2.79. The molecule has 4 nitrogen and oxygen atoms in total. The Bertz CT molecular complexity index is 514. The largest absolute Gasteiger partial charge is 0.462 e. The Morgan fingerprint density at radius 1 is 1.35 bits per heavy atom. The van der Waals surface area contributed by atoms with E-state index in [0.717, 1.165) is 12.8 Å². The van der Waals surface area contributed by atoms with Gasteiger partial charge in [-0.3, -0.25) is 0 Å². The molecule has 108 valence electrons. The van der Waals surface area contributed by atoms with Crippen LogP contribution in [-0.2, 0) is 0 Å². The van der Waals surface area contributed by atoms with E-state index in [9.17, 15) is 4.39 Å². The van der Waals surface area contributed by atoms with Gasteiger partial charge in [0.1, 0.15) is 6.33 Å². The van der Waals surface area contributed by atoms with Gasteiger partial charge in [-0.15, -0.1) is 5.92 Å². The number of hydrogen-bond acceptors (Lipinski definition) is 4. The molecule has 2 atom stereocenters. The molecule has 2 unspecified atom stereocenters. The molecule has 5 heteroatoms. The van der Waals surface area contributed by atoms with Crippen molar-refractivity contribution in [3.63, 3.8) is 0 Å². The van der Waals surface area contributed by atoms with Gasteiger partial charge in [0.2, 0.25) is 5.82 Å². The molecule has 2 heterocycles. The Morgan fingerprint density at radius 3 is 2.70 bits per heavy atom. The summed E-state index contributed by atoms with van der Waals surface area (Å²) in [5, 5.41) is 0. The van der Waals surface area contributed by atoms with E-state index in [1.165, 1.54) is 12.7 Å². The Hall–Kier alpha value is -1.83. The van der Waals surface area contributed by atoms with Crippen molar-refractivity contribution >= 4 is 5.82 Å². The summed E-state index contributed by atoms with van der Waals surface area (Å²) in [6.45, 7) is 6.04. The monoisotopic (exact) mass is 277 g/mol. The number of aromatic nitrogens is 2. The van der Waals surface area contributed by atoms with Crippen LogP contribution in [0, 0.1) is 17.7 Å². The van der Waals surface area contributed by atoms with Crippen molar-refractivity contribution in [2.75, 3.05) is 11.5 Å². The highest BCUT2D eigenvalue weighted by atomic mass is 19.1. The van der Waals surface area contributed by atoms with Gasteiger partial charge < -0.3 is 9.64 Å². The average molecular weight is 277 g/mol. The molecular weight excluding hydrogens is 257 g/mol. The molecule has 1 aromatic rings. The van der Waals surface area contributed by atoms with Crippen molar-refractivity contribution in [2.45, 2.75) is 52.1 Å². The van der Waals surface area contributed by atoms with Crippen molar-refractivity contribution < 1.29 is 9.13 Å². The average Bonchev–Trinajstić information content (AvgIpc) is 2.42. The van der Waals surface area contributed by atoms with E-state index >= 15 is 0 Å². The third kappa shape index (κ3) is 3.01. The minimum atomic E-state index is -0.494. The van der Waals surface area contributed by atoms with Gasteiger partial charge in [-0.25, -0.2) is 4.98 Å². The first-order chi connectivity index (χ1) is 9.65. The van der Waals surface area contributed by atoms with Crippen LogP contribution in [0.4, 0.5) is 10.2 Å². The van der Waals surface area contributed by atoms with E-state index in [0.29, 0.717) is 5.82 Å². The third-order valence-corrected chi connectivity index (χ3v) is 3.64. The summed E-state index contributed by atoms with van der Waals surface area (Å²) < 4.78 is 19.7. The maximum absolute atomic E-state index is 14.5. The lowest BCUT2D eigenvalue weighted by Crippen LogP contribution is -2.44. The first-order valence-corrected chi connectivity index (χ1v) is 6.96. The number of halogens is 1. The van der Waals surface area contributed by atoms with Gasteiger partial charge in [0.15, 0.2) is 12.4 Å². The maximum Gasteiger partial charge on any atom is 0.256 e. The number of ether oxygens (including phenoxy) is 1. The molecule has 0 amide bonds. The molecular formula is C15H20FN3O. The first-order valence-electron chi connectivity index (χ1n) is 6.96. The summed E-state index contributed by atoms with van der Waals surface area (Å²) in [6, 6.07) is 0.540. The van der Waals surface area contributed by atoms with Crippen LogP contribution < -0.4 is 9.64 Å². The molecule has 0 N–H and O–H groups in total. The van der Waals surface area contributed by atoms with E-state index in [-0.39, 0.29) is 24.6 Å². The molecule has 0 aliphatic carbocycles. The minimum absolute atomic E-state index is 0.0253. The van der Waals surface area contributed by atoms with Gasteiger partial charge in [-0.1, -0.05) is 5.92 Å². The second-order valence-electron chi connectivity index (χ2n) is 5.07. The lowest BCUT2D eigenvalue weighted by molar-refractivity contribution is 0.327. The summed E-state index contributed by atoms with van der Waals surface area (Å²) in [5.74, 6) is 5.24. The maximum atomic E-state index is 14.5. The highest BCUT2D eigenvalue weighted by molar-refractivity contribution is 5.45. The zero-order valence-corrected chi connectivity index (χ0v) is 12.2. The summed E-state index contributed by atoms with van der Waals surface area (Å²) in [4.78, 5) is 9.99. The quantitative estimate of drug-likeness (QED) is 0.796. The van der Waals surface area contributed by atoms with Crippen LogP contribution in [0.5, 0.6) is 5.88 Å². The van der Waals surface area contributed by atoms with Gasteiger partial charge in [0.05, 0.1) is 0 Å². The summed E-state index contributed by atoms with van der Waals surface area (Å²) in [5.41, 5.74) is 0. The summed E-state index contributed by atoms with van der Waals surface area (Å²) in [7, 11) is 0. The second kappa shape index (κ2) is 6.56. The number of anilines is 1. The molecule has 0 spiro atoms. The standard InChI is InChI=1S/C15H20FN3O/c1-4-5-9-20-15-13(16)14(17-10-18-15)19-11(2)7-6-8-12(19)3/h10-12H,6-9H2,1-3H3. The predicted molar refractivity (Wildman–Crippen MR) is 76.2 cm³/mol. The van der Waals surface area contributed by atoms with Crippen LogP contribution in [-0.4, -0.2) is 28.7 Å². The number of nitrogens with zero attached hydrogens (tertiary/aromatic N) is 3. The molecule has 1 aliphatic rings. The smallest absolute Gasteiger partial charge is 0.256 e. The van der Waals surface area contributed by atoms with Crippen LogP contribution >= 0.6 is 0 Å². The highest BCUT2D eigenvalue weighted by Crippen LogP contribution is 2.31. The Kier molecular flexibility index (Phi) is 4.78. The molecule has 0 aromatic carbocycles. The molecule has 1 aromatic heterocycles. The zero-order chi connectivity index (χ0) is 14.5. The van der Waals surface area contributed by atoms with Crippen molar-refractivity contribution in [1.82, 2.24) is 9.97 Å². The number of piperidine rings is 1. The normalized spacial score (nSPS) is 22.1. The van der Waals surface area contributed by atoms with Gasteiger partial charge in [-0.2, -0.15) is 9.37 Å². The van der Waals surface area contributed by atoms with Crippen molar-refractivity contribution in [2.24, 2.45) is 0 Å². The molecule has 0 saturated carbocycles. The van der Waals surface area contributed by atoms with Gasteiger partial charge in [0, 0.05) is 12.1 Å². The topological polar surface area (TPSA) is 38.3 Å². The van der Waals surface area contributed by atoms with Gasteiger partial charge >= 0.3 is 0 Å². The number of rotatable bonds is 3. The molecule has 20 heavy (non-hydrogen) atoms. The van der Waals surface area contributed by atoms with Crippen LogP contribution in [0.3, 0.4) is 0 Å². The fourth-order valence-electron chi connectivity index (χ4n) is 2.64. The van der Waals surface area contributed by atoms with Crippen LogP contribution in [0.25, 0.3) is 0 Å². The van der Waals surface area contributed by atoms with Crippen LogP contribution in [0.15, 0.2) is 6.33 Å². The lowest BCUT2D eigenvalue weighted by atomic mass is 9.97. The van der Waals surface area contributed by atoms with Crippen molar-refractivity contribution in [3.05, 3.63) is 12.1 Å². The zero-order valence-electron chi connectivity index (χ0n) is 12.2. The Balaban J connectivity index is 2.26. The van der Waals surface area contributed by atoms with E-state index < -0.39 is 5.82 Å². The van der Waals surface area contributed by atoms with E-state index in [4.69, 9.17) is 4.74 Å². The minimum Gasteiger partial charge on any atom is -0.462 e. The van der Waals surface area contributed by atoms with Crippen LogP contribution in [0.1, 0.15) is 40.0 Å². The first kappa shape index (κ1) is 14.6. The number of hydrogen-bond donors (Lipinski definition) is 0. The second-order valence-corrected chi connectivity index (χ2v) is 5.07. The third-order valence-electron chi connectivity index (χ3n) is 3.64. The highest BCUT2D eigenvalue weighted by Gasteiger charge is 2.29. The Morgan fingerprint density at radius 2 is 2.05 bits per heavy atom. The van der Waals surface area contributed by atoms with Crippen molar-refractivity contribution in [3.8, 4) is 17.7 Å². The molecule has 0 bridgehead atoms. The molecule has 1 saturated heterocycles. The fourth-order valence-corrected chi connectivity index (χ4v) is 2.64. The lowest BCUT2D eigenvalue weighted by Gasteiger charge is -2.40. The SMILES string of the molecule is CC#CCOc1ncnc(N2C(C)CCCC2C)c1F. The van der Waals surface area contributed by atoms with E-state index in [1.807, 2.05) is 4.90 Å². The molecule has 2 rings (SSSR count). The molecule has 1 fully saturated rings. The van der Waals surface area contributed by atoms with Crippen molar-refractivity contribution in [1.29, 1.82) is 0 Å². The van der Waals surface area contributed by atoms with Gasteiger partial charge in [0.25, 0.3) is 5.88 Å². The molecule has 1 aliphatic heterocycles. The molecule has 0 radical (unpaired) electrons. The fraction of sp³-hybridized carbons (Fsp3) is 0.600. The summed E-state index contributed by atoms with van der Waals surface area (Å²) in [6.07, 6.45) is 4.61. The van der Waals surface area contributed by atoms with Gasteiger partial charge in [-0.05, 0) is 40.0 Å². The summed E-state index contributed by atoms with van der Waals surface area (Å²) >= 11 is 0. The Labute approximate surface area is 119 Å². The van der Waals surface area contributed by atoms with E-state index in [2.05, 4.69) is 35.7 Å². The van der Waals surface area contributed by atoms with Crippen LogP contribution in [0.2, 0.25) is 0 Å². The van der Waals surface area contributed by atoms with E-state index in [1.54, 1.807) is 6.92 Å².